The molecule has 0 aliphatic rings. The lowest BCUT2D eigenvalue weighted by Gasteiger charge is -2.35. The summed E-state index contributed by atoms with van der Waals surface area (Å²) < 4.78 is 11.2. The lowest BCUT2D eigenvalue weighted by molar-refractivity contribution is 0.0524. The van der Waals surface area contributed by atoms with Crippen molar-refractivity contribution in [3.8, 4) is 12.3 Å². The number of ether oxygens (including phenoxy) is 2. The van der Waals surface area contributed by atoms with Gasteiger partial charge in [0.05, 0.1) is 24.6 Å². The van der Waals surface area contributed by atoms with Crippen molar-refractivity contribution in [2.24, 2.45) is 0 Å². The molecule has 32 heavy (non-hydrogen) atoms. The molecule has 0 saturated heterocycles. The molecular weight excluding hydrogens is 412 g/mol. The second kappa shape index (κ2) is 13.8. The van der Waals surface area contributed by atoms with E-state index in [1.807, 2.05) is 11.8 Å². The number of benzene rings is 3. The van der Waals surface area contributed by atoms with E-state index in [-0.39, 0.29) is 4.75 Å². The lowest BCUT2D eigenvalue weighted by Crippen LogP contribution is -2.26. The largest absolute Gasteiger partial charge is 0.379 e. The second-order valence-corrected chi connectivity index (χ2v) is 8.82. The van der Waals surface area contributed by atoms with Gasteiger partial charge in [-0.1, -0.05) is 91.0 Å². The topological polar surface area (TPSA) is 18.5 Å². The molecule has 0 bridgehead atoms. The molecule has 3 aromatic carbocycles. The quantitative estimate of drug-likeness (QED) is 0.160. The second-order valence-electron chi connectivity index (χ2n) is 7.51. The molecule has 0 unspecified atom stereocenters. The van der Waals surface area contributed by atoms with Crippen molar-refractivity contribution in [3.05, 3.63) is 108 Å². The molecule has 0 heterocycles. The van der Waals surface area contributed by atoms with E-state index in [0.717, 1.165) is 31.6 Å². The fraction of sp³-hybridized carbons (Fsp3) is 0.310. The first kappa shape index (κ1) is 24.1. The Morgan fingerprint density at radius 2 is 1.09 bits per heavy atom. The first-order chi connectivity index (χ1) is 15.9. The van der Waals surface area contributed by atoms with Crippen LogP contribution in [-0.4, -0.2) is 32.2 Å². The van der Waals surface area contributed by atoms with E-state index in [0.29, 0.717) is 19.8 Å². The summed E-state index contributed by atoms with van der Waals surface area (Å²) in [6, 6.07) is 32.3. The van der Waals surface area contributed by atoms with Crippen molar-refractivity contribution >= 4 is 11.8 Å². The minimum Gasteiger partial charge on any atom is -0.379 e. The third-order valence-electron chi connectivity index (χ3n) is 5.32. The number of hydrogen-bond donors (Lipinski definition) is 0. The summed E-state index contributed by atoms with van der Waals surface area (Å²) in [5.74, 6) is 3.53. The molecule has 0 aromatic heterocycles. The van der Waals surface area contributed by atoms with Gasteiger partial charge in [0.15, 0.2) is 0 Å². The standard InChI is InChI=1S/C29H32O2S/c1-2-3-4-14-21-30-22-23-31-24-25-32-29(26-15-8-5-9-16-26,27-17-10-6-11-18-27)28-19-12-7-13-20-28/h1,5-13,15-20H,3-4,14,21-25H2. The number of hydrogen-bond acceptors (Lipinski definition) is 3. The summed E-state index contributed by atoms with van der Waals surface area (Å²) in [6.07, 6.45) is 8.12. The zero-order chi connectivity index (χ0) is 22.3. The van der Waals surface area contributed by atoms with Crippen molar-refractivity contribution in [2.75, 3.05) is 32.2 Å². The van der Waals surface area contributed by atoms with Crippen LogP contribution >= 0.6 is 11.8 Å². The molecule has 2 nitrogen and oxygen atoms in total. The summed E-state index contributed by atoms with van der Waals surface area (Å²) in [4.78, 5) is 0. The predicted octanol–water partition coefficient (Wildman–Crippen LogP) is 6.55. The van der Waals surface area contributed by atoms with Crippen LogP contribution < -0.4 is 0 Å². The maximum Gasteiger partial charge on any atom is 0.0907 e. The Balaban J connectivity index is 1.65. The van der Waals surface area contributed by atoms with Crippen LogP contribution in [0.2, 0.25) is 0 Å². The van der Waals surface area contributed by atoms with Crippen molar-refractivity contribution in [1.29, 1.82) is 0 Å². The summed E-state index contributed by atoms with van der Waals surface area (Å²) in [6.45, 7) is 2.67. The van der Waals surface area contributed by atoms with Crippen LogP contribution in [0.3, 0.4) is 0 Å². The smallest absolute Gasteiger partial charge is 0.0907 e. The first-order valence-corrected chi connectivity index (χ1v) is 12.3. The molecular formula is C29H32O2S. The van der Waals surface area contributed by atoms with Crippen LogP contribution in [0, 0.1) is 12.3 Å². The summed E-state index contributed by atoms with van der Waals surface area (Å²) in [7, 11) is 0. The molecule has 0 fully saturated rings. The molecule has 0 atom stereocenters. The molecule has 0 amide bonds. The van der Waals surface area contributed by atoms with E-state index in [9.17, 15) is 0 Å². The lowest BCUT2D eigenvalue weighted by atomic mass is 9.84. The van der Waals surface area contributed by atoms with E-state index in [1.165, 1.54) is 16.7 Å². The predicted molar refractivity (Wildman–Crippen MR) is 136 cm³/mol. The van der Waals surface area contributed by atoms with E-state index < -0.39 is 0 Å². The van der Waals surface area contributed by atoms with Crippen LogP contribution in [0.4, 0.5) is 0 Å². The number of terminal acetylenes is 1. The Morgan fingerprint density at radius 3 is 1.56 bits per heavy atom. The highest BCUT2D eigenvalue weighted by Gasteiger charge is 2.36. The number of thioether (sulfide) groups is 1. The van der Waals surface area contributed by atoms with Crippen LogP contribution in [-0.2, 0) is 14.2 Å². The third kappa shape index (κ3) is 6.74. The Labute approximate surface area is 197 Å². The van der Waals surface area contributed by atoms with Crippen LogP contribution in [0.15, 0.2) is 91.0 Å². The van der Waals surface area contributed by atoms with Crippen LogP contribution in [0.25, 0.3) is 0 Å². The van der Waals surface area contributed by atoms with Gasteiger partial charge in [0.2, 0.25) is 0 Å². The van der Waals surface area contributed by atoms with Gasteiger partial charge in [-0.2, -0.15) is 0 Å². The Kier molecular flexibility index (Phi) is 10.4. The molecule has 0 saturated carbocycles. The normalized spacial score (nSPS) is 11.2. The van der Waals surface area contributed by atoms with Crippen molar-refractivity contribution in [1.82, 2.24) is 0 Å². The summed E-state index contributed by atoms with van der Waals surface area (Å²) in [5.41, 5.74) is 3.83. The van der Waals surface area contributed by atoms with Gasteiger partial charge in [-0.25, -0.2) is 0 Å². The SMILES string of the molecule is C#CCCCCOCCOCCSC(c1ccccc1)(c1ccccc1)c1ccccc1. The zero-order valence-corrected chi connectivity index (χ0v) is 19.4. The Bertz CT molecular complexity index is 823. The van der Waals surface area contributed by atoms with E-state index >= 15 is 0 Å². The summed E-state index contributed by atoms with van der Waals surface area (Å²) in [5, 5.41) is 0. The Hall–Kier alpha value is -2.51. The van der Waals surface area contributed by atoms with Crippen molar-refractivity contribution in [3.63, 3.8) is 0 Å². The Morgan fingerprint density at radius 1 is 0.625 bits per heavy atom. The van der Waals surface area contributed by atoms with Gasteiger partial charge >= 0.3 is 0 Å². The highest BCUT2D eigenvalue weighted by molar-refractivity contribution is 8.00. The monoisotopic (exact) mass is 444 g/mol. The molecule has 0 aliphatic heterocycles. The van der Waals surface area contributed by atoms with Gasteiger partial charge in [-0.3, -0.25) is 0 Å². The fourth-order valence-corrected chi connectivity index (χ4v) is 5.19. The summed E-state index contributed by atoms with van der Waals surface area (Å²) >= 11 is 1.92. The van der Waals surface area contributed by atoms with Crippen molar-refractivity contribution < 1.29 is 9.47 Å². The third-order valence-corrected chi connectivity index (χ3v) is 6.83. The van der Waals surface area contributed by atoms with Gasteiger partial charge < -0.3 is 9.47 Å². The van der Waals surface area contributed by atoms with Crippen LogP contribution in [0.5, 0.6) is 0 Å². The van der Waals surface area contributed by atoms with E-state index in [1.54, 1.807) is 0 Å². The maximum atomic E-state index is 5.89. The average Bonchev–Trinajstić information content (AvgIpc) is 2.87. The van der Waals surface area contributed by atoms with Gasteiger partial charge in [0.1, 0.15) is 0 Å². The molecule has 0 aliphatic carbocycles. The minimum atomic E-state index is -0.291. The highest BCUT2D eigenvalue weighted by Crippen LogP contribution is 2.48. The van der Waals surface area contributed by atoms with Gasteiger partial charge in [-0.15, -0.1) is 24.1 Å². The molecule has 0 N–H and O–H groups in total. The zero-order valence-electron chi connectivity index (χ0n) is 18.6. The van der Waals surface area contributed by atoms with Gasteiger partial charge in [-0.05, 0) is 29.5 Å². The average molecular weight is 445 g/mol. The highest BCUT2D eigenvalue weighted by atomic mass is 32.2. The van der Waals surface area contributed by atoms with Crippen molar-refractivity contribution in [2.45, 2.75) is 24.0 Å². The molecule has 3 rings (SSSR count). The van der Waals surface area contributed by atoms with Crippen LogP contribution in [0.1, 0.15) is 36.0 Å². The van der Waals surface area contributed by atoms with E-state index in [2.05, 4.69) is 96.9 Å². The molecule has 3 heteroatoms. The minimum absolute atomic E-state index is 0.291. The van der Waals surface area contributed by atoms with Gasteiger partial charge in [0, 0.05) is 18.8 Å². The first-order valence-electron chi connectivity index (χ1n) is 11.3. The van der Waals surface area contributed by atoms with Gasteiger partial charge in [0.25, 0.3) is 0 Å². The molecule has 166 valence electrons. The molecule has 3 aromatic rings. The van der Waals surface area contributed by atoms with E-state index in [4.69, 9.17) is 15.9 Å². The molecule has 0 radical (unpaired) electrons. The number of unbranched alkanes of at least 4 members (excludes halogenated alkanes) is 2. The fourth-order valence-electron chi connectivity index (χ4n) is 3.78. The number of rotatable bonds is 14. The molecule has 0 spiro atoms. The maximum absolute atomic E-state index is 5.89.